The second kappa shape index (κ2) is 7.00. The maximum absolute atomic E-state index is 13.0. The number of esters is 1. The molecule has 1 heterocycles. The molecule has 2 rings (SSSR count). The predicted octanol–water partition coefficient (Wildman–Crippen LogP) is 3.40. The predicted molar refractivity (Wildman–Crippen MR) is 84.3 cm³/mol. The molecule has 0 aliphatic carbocycles. The molecule has 0 spiro atoms. The molecule has 1 aliphatic heterocycles. The van der Waals surface area contributed by atoms with Gasteiger partial charge in [0.15, 0.2) is 0 Å². The van der Waals surface area contributed by atoms with Crippen molar-refractivity contribution in [3.63, 3.8) is 0 Å². The summed E-state index contributed by atoms with van der Waals surface area (Å²) in [5, 5.41) is 2.56. The molecular weight excluding hydrogens is 337 g/mol. The quantitative estimate of drug-likeness (QED) is 0.666. The van der Waals surface area contributed by atoms with Crippen molar-refractivity contribution in [2.75, 3.05) is 13.7 Å². The van der Waals surface area contributed by atoms with Crippen LogP contribution in [0, 0.1) is 0 Å². The Kier molecular flexibility index (Phi) is 5.20. The van der Waals surface area contributed by atoms with E-state index >= 15 is 0 Å². The highest BCUT2D eigenvalue weighted by atomic mass is 19.4. The van der Waals surface area contributed by atoms with Crippen LogP contribution in [0.15, 0.2) is 48.2 Å². The van der Waals surface area contributed by atoms with Gasteiger partial charge in [-0.05, 0) is 24.6 Å². The lowest BCUT2D eigenvalue weighted by molar-refractivity contribution is -0.137. The molecule has 1 aromatic rings. The molecule has 0 radical (unpaired) electrons. The number of amides is 2. The number of allylic oxidation sites excluding steroid dienone is 1. The second-order valence-electron chi connectivity index (χ2n) is 5.40. The Labute approximate surface area is 142 Å². The highest BCUT2D eigenvalue weighted by Crippen LogP contribution is 2.35. The Hall–Kier alpha value is -2.77. The van der Waals surface area contributed by atoms with Gasteiger partial charge in [0, 0.05) is 12.2 Å². The van der Waals surface area contributed by atoms with E-state index in [-0.39, 0.29) is 17.7 Å². The Morgan fingerprint density at radius 3 is 2.68 bits per heavy atom. The fourth-order valence-electron chi connectivity index (χ4n) is 2.65. The van der Waals surface area contributed by atoms with Gasteiger partial charge >= 0.3 is 18.2 Å². The summed E-state index contributed by atoms with van der Waals surface area (Å²) >= 11 is 0. The first-order valence-corrected chi connectivity index (χ1v) is 7.35. The molecule has 134 valence electrons. The normalized spacial score (nSPS) is 18.0. The lowest BCUT2D eigenvalue weighted by Crippen LogP contribution is -2.48. The Morgan fingerprint density at radius 1 is 1.44 bits per heavy atom. The van der Waals surface area contributed by atoms with Crippen molar-refractivity contribution in [3.8, 4) is 0 Å². The van der Waals surface area contributed by atoms with Gasteiger partial charge in [-0.3, -0.25) is 4.90 Å². The first-order chi connectivity index (χ1) is 11.7. The zero-order chi connectivity index (χ0) is 18.8. The van der Waals surface area contributed by atoms with Gasteiger partial charge in [0.2, 0.25) is 0 Å². The molecule has 0 aromatic heterocycles. The number of halogens is 3. The fraction of sp³-hybridized carbons (Fsp3) is 0.294. The number of nitrogens with one attached hydrogen (secondary N) is 1. The van der Waals surface area contributed by atoms with E-state index in [9.17, 15) is 22.8 Å². The fourth-order valence-corrected chi connectivity index (χ4v) is 2.65. The van der Waals surface area contributed by atoms with Crippen molar-refractivity contribution in [1.29, 1.82) is 0 Å². The minimum atomic E-state index is -4.53. The monoisotopic (exact) mass is 354 g/mol. The summed E-state index contributed by atoms with van der Waals surface area (Å²) in [5.41, 5.74) is -0.350. The molecule has 5 nitrogen and oxygen atoms in total. The molecule has 8 heteroatoms. The van der Waals surface area contributed by atoms with Crippen molar-refractivity contribution in [2.45, 2.75) is 19.1 Å². The molecule has 1 aromatic carbocycles. The molecule has 25 heavy (non-hydrogen) atoms. The third-order valence-electron chi connectivity index (χ3n) is 3.86. The summed E-state index contributed by atoms with van der Waals surface area (Å²) in [6, 6.07) is 2.90. The Bertz CT molecular complexity index is 741. The van der Waals surface area contributed by atoms with Crippen molar-refractivity contribution < 1.29 is 27.5 Å². The highest BCUT2D eigenvalue weighted by molar-refractivity contribution is 5.95. The van der Waals surface area contributed by atoms with Crippen LogP contribution in [0.2, 0.25) is 0 Å². The zero-order valence-electron chi connectivity index (χ0n) is 13.7. The smallest absolute Gasteiger partial charge is 0.416 e. The first kappa shape index (κ1) is 18.6. The van der Waals surface area contributed by atoms with Gasteiger partial charge in [-0.25, -0.2) is 9.59 Å². The number of alkyl halides is 3. The van der Waals surface area contributed by atoms with Crippen LogP contribution in [-0.4, -0.2) is 30.6 Å². The highest BCUT2D eigenvalue weighted by Gasteiger charge is 2.37. The molecule has 1 atom stereocenters. The van der Waals surface area contributed by atoms with Crippen LogP contribution in [0.4, 0.5) is 18.0 Å². The maximum Gasteiger partial charge on any atom is 0.416 e. The summed E-state index contributed by atoms with van der Waals surface area (Å²) in [6.45, 7) is 5.23. The summed E-state index contributed by atoms with van der Waals surface area (Å²) in [7, 11) is 1.17. The molecule has 0 bridgehead atoms. The minimum absolute atomic E-state index is 0.0725. The number of urea groups is 1. The zero-order valence-corrected chi connectivity index (χ0v) is 13.7. The van der Waals surface area contributed by atoms with Crippen LogP contribution in [0.3, 0.4) is 0 Å². The van der Waals surface area contributed by atoms with Gasteiger partial charge in [0.25, 0.3) is 0 Å². The maximum atomic E-state index is 13.0. The summed E-state index contributed by atoms with van der Waals surface area (Å²) in [4.78, 5) is 25.7. The van der Waals surface area contributed by atoms with E-state index in [2.05, 4.69) is 11.9 Å². The van der Waals surface area contributed by atoms with Crippen LogP contribution in [0.25, 0.3) is 0 Å². The minimum Gasteiger partial charge on any atom is -0.466 e. The average molecular weight is 354 g/mol. The standard InChI is InChI=1S/C17H17F3N2O3/c1-4-8-22-10(2)13(15(23)25-3)14(21-16(22)24)11-6-5-7-12(9-11)17(18,19)20/h4-7,9,14H,1,8H2,2-3H3,(H,21,24). The summed E-state index contributed by atoms with van der Waals surface area (Å²) in [6.07, 6.45) is -3.06. The Balaban J connectivity index is 2.57. The van der Waals surface area contributed by atoms with Crippen LogP contribution in [-0.2, 0) is 15.7 Å². The van der Waals surface area contributed by atoms with Gasteiger partial charge in [0.05, 0.1) is 24.3 Å². The van der Waals surface area contributed by atoms with Crippen LogP contribution < -0.4 is 5.32 Å². The number of rotatable bonds is 4. The van der Waals surface area contributed by atoms with E-state index in [0.29, 0.717) is 5.70 Å². The second-order valence-corrected chi connectivity index (χ2v) is 5.40. The van der Waals surface area contributed by atoms with Crippen LogP contribution in [0.5, 0.6) is 0 Å². The number of hydrogen-bond donors (Lipinski definition) is 1. The molecule has 1 unspecified atom stereocenters. The van der Waals surface area contributed by atoms with Crippen LogP contribution >= 0.6 is 0 Å². The summed E-state index contributed by atoms with van der Waals surface area (Å²) in [5.74, 6) is -0.728. The van der Waals surface area contributed by atoms with E-state index in [1.807, 2.05) is 0 Å². The molecule has 1 N–H and O–H groups in total. The van der Waals surface area contributed by atoms with E-state index in [1.54, 1.807) is 0 Å². The molecule has 0 saturated heterocycles. The first-order valence-electron chi connectivity index (χ1n) is 7.35. The number of ether oxygens (including phenoxy) is 1. The molecule has 2 amide bonds. The van der Waals surface area contributed by atoms with Crippen molar-refractivity contribution in [3.05, 3.63) is 59.3 Å². The number of nitrogens with zero attached hydrogens (tertiary/aromatic N) is 1. The van der Waals surface area contributed by atoms with E-state index in [0.717, 1.165) is 12.1 Å². The third-order valence-corrected chi connectivity index (χ3v) is 3.86. The van der Waals surface area contributed by atoms with Crippen molar-refractivity contribution in [2.24, 2.45) is 0 Å². The molecular formula is C17H17F3N2O3. The van der Waals surface area contributed by atoms with Gasteiger partial charge in [-0.1, -0.05) is 18.2 Å². The van der Waals surface area contributed by atoms with Gasteiger partial charge < -0.3 is 10.1 Å². The number of benzene rings is 1. The summed E-state index contributed by atoms with van der Waals surface area (Å²) < 4.78 is 43.6. The van der Waals surface area contributed by atoms with Gasteiger partial charge in [-0.15, -0.1) is 6.58 Å². The van der Waals surface area contributed by atoms with E-state index < -0.39 is 29.8 Å². The van der Waals surface area contributed by atoms with E-state index in [1.165, 1.54) is 37.1 Å². The molecule has 0 fully saturated rings. The SMILES string of the molecule is C=CCN1C(=O)NC(c2cccc(C(F)(F)F)c2)C(C(=O)OC)=C1C. The lowest BCUT2D eigenvalue weighted by Gasteiger charge is -2.34. The third kappa shape index (κ3) is 3.67. The largest absolute Gasteiger partial charge is 0.466 e. The average Bonchev–Trinajstić information content (AvgIpc) is 2.57. The van der Waals surface area contributed by atoms with E-state index in [4.69, 9.17) is 4.74 Å². The topological polar surface area (TPSA) is 58.6 Å². The van der Waals surface area contributed by atoms with Gasteiger partial charge in [0.1, 0.15) is 0 Å². The lowest BCUT2D eigenvalue weighted by atomic mass is 9.93. The number of carbonyl (C=O) groups is 2. The molecule has 1 aliphatic rings. The van der Waals surface area contributed by atoms with Gasteiger partial charge in [-0.2, -0.15) is 13.2 Å². The van der Waals surface area contributed by atoms with Crippen molar-refractivity contribution >= 4 is 12.0 Å². The number of methoxy groups -OCH3 is 1. The number of hydrogen-bond acceptors (Lipinski definition) is 3. The Morgan fingerprint density at radius 2 is 2.12 bits per heavy atom. The van der Waals surface area contributed by atoms with Crippen LogP contribution in [0.1, 0.15) is 24.1 Å². The number of carbonyl (C=O) groups excluding carboxylic acids is 2. The molecule has 0 saturated carbocycles. The van der Waals surface area contributed by atoms with Crippen molar-refractivity contribution in [1.82, 2.24) is 10.2 Å².